The number of carbonyl (C=O) groups excluding carboxylic acids is 2. The van der Waals surface area contributed by atoms with E-state index in [-0.39, 0.29) is 24.9 Å². The maximum Gasteiger partial charge on any atom is 0.437 e. The van der Waals surface area contributed by atoms with Crippen LogP contribution in [0.3, 0.4) is 0 Å². The van der Waals surface area contributed by atoms with Gasteiger partial charge in [0.05, 0.1) is 11.4 Å². The molecule has 1 aliphatic rings. The van der Waals surface area contributed by atoms with E-state index in [9.17, 15) is 14.4 Å². The number of carbonyl (C=O) groups is 2. The molecule has 0 bridgehead atoms. The standard InChI is InChI=1S/C14H16N4O4S/c19-11(15-8-12(20)17-5-1-2-6-17)9-18-14(21)22-13(16-18)10-4-3-7-23-10/h3-4,7H,1-2,5-6,8-9H2,(H,15,19). The highest BCUT2D eigenvalue weighted by Crippen LogP contribution is 2.20. The molecule has 0 saturated carbocycles. The molecule has 3 heterocycles. The van der Waals surface area contributed by atoms with Gasteiger partial charge in [0.15, 0.2) is 0 Å². The lowest BCUT2D eigenvalue weighted by atomic mass is 10.4. The number of nitrogens with zero attached hydrogens (tertiary/aromatic N) is 3. The van der Waals surface area contributed by atoms with Crippen LogP contribution >= 0.6 is 11.3 Å². The van der Waals surface area contributed by atoms with Crippen LogP contribution in [0.5, 0.6) is 0 Å². The molecule has 1 fully saturated rings. The molecule has 122 valence electrons. The number of likely N-dealkylation sites (tertiary alicyclic amines) is 1. The number of amides is 2. The number of nitrogens with one attached hydrogen (secondary N) is 1. The van der Waals surface area contributed by atoms with Crippen LogP contribution in [-0.2, 0) is 16.1 Å². The molecule has 0 aliphatic carbocycles. The lowest BCUT2D eigenvalue weighted by Crippen LogP contribution is -2.40. The smallest absolute Gasteiger partial charge is 0.387 e. The van der Waals surface area contributed by atoms with Crippen molar-refractivity contribution in [3.8, 4) is 10.8 Å². The van der Waals surface area contributed by atoms with Crippen LogP contribution in [0, 0.1) is 0 Å². The molecular weight excluding hydrogens is 320 g/mol. The predicted molar refractivity (Wildman–Crippen MR) is 82.9 cm³/mol. The summed E-state index contributed by atoms with van der Waals surface area (Å²) in [6.45, 7) is 1.13. The Hall–Kier alpha value is -2.42. The number of hydrogen-bond donors (Lipinski definition) is 1. The number of aromatic nitrogens is 2. The molecule has 23 heavy (non-hydrogen) atoms. The molecule has 3 rings (SSSR count). The summed E-state index contributed by atoms with van der Waals surface area (Å²) in [5.41, 5.74) is 0. The molecule has 0 atom stereocenters. The third-order valence-corrected chi connectivity index (χ3v) is 4.39. The van der Waals surface area contributed by atoms with Crippen molar-refractivity contribution >= 4 is 23.2 Å². The summed E-state index contributed by atoms with van der Waals surface area (Å²) in [6, 6.07) is 3.59. The Kier molecular flexibility index (Phi) is 4.56. The molecule has 0 unspecified atom stereocenters. The topological polar surface area (TPSA) is 97.4 Å². The lowest BCUT2D eigenvalue weighted by molar-refractivity contribution is -0.132. The second kappa shape index (κ2) is 6.78. The van der Waals surface area contributed by atoms with Gasteiger partial charge in [-0.15, -0.1) is 16.4 Å². The minimum absolute atomic E-state index is 0.0663. The fourth-order valence-electron chi connectivity index (χ4n) is 2.35. The summed E-state index contributed by atoms with van der Waals surface area (Å²) >= 11 is 1.39. The summed E-state index contributed by atoms with van der Waals surface area (Å²) in [5.74, 6) is -1.08. The van der Waals surface area contributed by atoms with Crippen LogP contribution in [0.1, 0.15) is 12.8 Å². The van der Waals surface area contributed by atoms with Crippen LogP contribution in [-0.4, -0.2) is 46.1 Å². The Bertz CT molecular complexity index is 743. The van der Waals surface area contributed by atoms with E-state index >= 15 is 0 Å². The van der Waals surface area contributed by atoms with E-state index in [0.29, 0.717) is 4.88 Å². The first-order valence-corrected chi connectivity index (χ1v) is 8.18. The first-order valence-electron chi connectivity index (χ1n) is 7.30. The van der Waals surface area contributed by atoms with Gasteiger partial charge in [-0.25, -0.2) is 4.79 Å². The fourth-order valence-corrected chi connectivity index (χ4v) is 2.99. The monoisotopic (exact) mass is 336 g/mol. The second-order valence-electron chi connectivity index (χ2n) is 5.17. The van der Waals surface area contributed by atoms with Gasteiger partial charge < -0.3 is 14.6 Å². The van der Waals surface area contributed by atoms with Crippen molar-refractivity contribution in [1.82, 2.24) is 20.0 Å². The molecule has 0 aromatic carbocycles. The molecule has 2 aromatic rings. The fraction of sp³-hybridized carbons (Fsp3) is 0.429. The Morgan fingerprint density at radius 3 is 2.83 bits per heavy atom. The maximum absolute atomic E-state index is 11.9. The van der Waals surface area contributed by atoms with Gasteiger partial charge in [-0.2, -0.15) is 4.68 Å². The number of rotatable bonds is 5. The SMILES string of the molecule is O=C(Cn1nc(-c2cccs2)oc1=O)NCC(=O)N1CCCC1. The average Bonchev–Trinajstić information content (AvgIpc) is 3.27. The van der Waals surface area contributed by atoms with E-state index in [1.807, 2.05) is 11.4 Å². The molecule has 1 N–H and O–H groups in total. The van der Waals surface area contributed by atoms with E-state index in [0.717, 1.165) is 30.6 Å². The molecular formula is C14H16N4O4S. The Morgan fingerprint density at radius 2 is 2.13 bits per heavy atom. The second-order valence-corrected chi connectivity index (χ2v) is 6.12. The van der Waals surface area contributed by atoms with Crippen LogP contribution in [0.4, 0.5) is 0 Å². The third kappa shape index (κ3) is 3.67. The zero-order valence-corrected chi connectivity index (χ0v) is 13.2. The van der Waals surface area contributed by atoms with Gasteiger partial charge in [0.2, 0.25) is 11.8 Å². The van der Waals surface area contributed by atoms with Crippen molar-refractivity contribution in [3.63, 3.8) is 0 Å². The zero-order valence-electron chi connectivity index (χ0n) is 12.4. The molecule has 2 amide bonds. The predicted octanol–water partition coefficient (Wildman–Crippen LogP) is 0.303. The molecule has 1 aliphatic heterocycles. The summed E-state index contributed by atoms with van der Waals surface area (Å²) in [7, 11) is 0. The first kappa shape index (κ1) is 15.5. The number of thiophene rings is 1. The van der Waals surface area contributed by atoms with E-state index in [1.165, 1.54) is 11.3 Å². The Labute approximate surface area is 135 Å². The highest BCUT2D eigenvalue weighted by atomic mass is 32.1. The summed E-state index contributed by atoms with van der Waals surface area (Å²) in [4.78, 5) is 37.8. The summed E-state index contributed by atoms with van der Waals surface area (Å²) < 4.78 is 5.97. The minimum Gasteiger partial charge on any atom is -0.387 e. The van der Waals surface area contributed by atoms with Gasteiger partial charge in [-0.3, -0.25) is 9.59 Å². The van der Waals surface area contributed by atoms with Gasteiger partial charge in [0, 0.05) is 13.1 Å². The third-order valence-electron chi connectivity index (χ3n) is 3.53. The van der Waals surface area contributed by atoms with Crippen molar-refractivity contribution < 1.29 is 14.0 Å². The molecule has 8 nitrogen and oxygen atoms in total. The van der Waals surface area contributed by atoms with E-state index in [1.54, 1.807) is 11.0 Å². The van der Waals surface area contributed by atoms with Crippen molar-refractivity contribution in [3.05, 3.63) is 28.1 Å². The first-order chi connectivity index (χ1) is 11.1. The van der Waals surface area contributed by atoms with Gasteiger partial charge in [-0.05, 0) is 24.3 Å². The zero-order chi connectivity index (χ0) is 16.2. The molecule has 2 aromatic heterocycles. The van der Waals surface area contributed by atoms with Crippen LogP contribution < -0.4 is 11.1 Å². The normalized spacial score (nSPS) is 14.2. The average molecular weight is 336 g/mol. The highest BCUT2D eigenvalue weighted by molar-refractivity contribution is 7.13. The minimum atomic E-state index is -0.700. The van der Waals surface area contributed by atoms with Gasteiger partial charge in [0.1, 0.15) is 6.54 Å². The number of hydrogen-bond acceptors (Lipinski definition) is 6. The molecule has 0 spiro atoms. The van der Waals surface area contributed by atoms with Gasteiger partial charge >= 0.3 is 5.76 Å². The van der Waals surface area contributed by atoms with Crippen molar-refractivity contribution in [2.45, 2.75) is 19.4 Å². The summed E-state index contributed by atoms with van der Waals surface area (Å²) in [5, 5.41) is 8.34. The largest absolute Gasteiger partial charge is 0.437 e. The van der Waals surface area contributed by atoms with Crippen molar-refractivity contribution in [2.75, 3.05) is 19.6 Å². The van der Waals surface area contributed by atoms with Gasteiger partial charge in [0.25, 0.3) is 5.89 Å². The van der Waals surface area contributed by atoms with Crippen LogP contribution in [0.25, 0.3) is 10.8 Å². The van der Waals surface area contributed by atoms with E-state index in [4.69, 9.17) is 4.42 Å². The lowest BCUT2D eigenvalue weighted by Gasteiger charge is -2.15. The molecule has 0 radical (unpaired) electrons. The summed E-state index contributed by atoms with van der Waals surface area (Å²) in [6.07, 6.45) is 2.00. The van der Waals surface area contributed by atoms with E-state index < -0.39 is 11.7 Å². The van der Waals surface area contributed by atoms with Crippen LogP contribution in [0.15, 0.2) is 26.7 Å². The molecule has 9 heteroatoms. The Balaban J connectivity index is 1.55. The van der Waals surface area contributed by atoms with Gasteiger partial charge in [-0.1, -0.05) is 6.07 Å². The highest BCUT2D eigenvalue weighted by Gasteiger charge is 2.19. The van der Waals surface area contributed by atoms with E-state index in [2.05, 4.69) is 10.4 Å². The van der Waals surface area contributed by atoms with Crippen molar-refractivity contribution in [1.29, 1.82) is 0 Å². The Morgan fingerprint density at radius 1 is 1.35 bits per heavy atom. The molecule has 1 saturated heterocycles. The quantitative estimate of drug-likeness (QED) is 0.847. The maximum atomic E-state index is 11.9. The van der Waals surface area contributed by atoms with Crippen molar-refractivity contribution in [2.24, 2.45) is 0 Å². The van der Waals surface area contributed by atoms with Crippen LogP contribution in [0.2, 0.25) is 0 Å².